The van der Waals surface area contributed by atoms with Crippen molar-refractivity contribution in [3.05, 3.63) is 11.9 Å². The van der Waals surface area contributed by atoms with E-state index in [0.29, 0.717) is 18.8 Å². The molecule has 1 aromatic rings. The standard InChI is InChI=1S/C12H22N6O/c1-2-4-16-6-8-17(9-7-16)12(19)11-10-18(5-3-13)15-14-11/h10H,2-9,13H2,1H3. The molecule has 1 fully saturated rings. The van der Waals surface area contributed by atoms with Gasteiger partial charge in [-0.2, -0.15) is 0 Å². The molecule has 7 nitrogen and oxygen atoms in total. The number of rotatable bonds is 5. The molecule has 1 aromatic heterocycles. The number of piperazine rings is 1. The van der Waals surface area contributed by atoms with Crippen LogP contribution >= 0.6 is 0 Å². The second kappa shape index (κ2) is 6.63. The average Bonchev–Trinajstić information content (AvgIpc) is 2.88. The topological polar surface area (TPSA) is 80.3 Å². The quantitative estimate of drug-likeness (QED) is 0.770. The van der Waals surface area contributed by atoms with Crippen LogP contribution in [0.2, 0.25) is 0 Å². The molecule has 0 bridgehead atoms. The Morgan fingerprint density at radius 2 is 2.05 bits per heavy atom. The van der Waals surface area contributed by atoms with Crippen molar-refractivity contribution in [2.24, 2.45) is 5.73 Å². The van der Waals surface area contributed by atoms with Crippen molar-refractivity contribution in [1.82, 2.24) is 24.8 Å². The summed E-state index contributed by atoms with van der Waals surface area (Å²) in [6.07, 6.45) is 2.83. The van der Waals surface area contributed by atoms with Crippen LogP contribution in [0.3, 0.4) is 0 Å². The zero-order chi connectivity index (χ0) is 13.7. The fraction of sp³-hybridized carbons (Fsp3) is 0.750. The molecule has 0 saturated carbocycles. The fourth-order valence-electron chi connectivity index (χ4n) is 2.29. The summed E-state index contributed by atoms with van der Waals surface area (Å²) in [5, 5.41) is 7.81. The maximum absolute atomic E-state index is 12.2. The molecule has 1 saturated heterocycles. The first kappa shape index (κ1) is 14.0. The Balaban J connectivity index is 1.89. The molecule has 2 heterocycles. The van der Waals surface area contributed by atoms with Crippen LogP contribution in [0.5, 0.6) is 0 Å². The maximum atomic E-state index is 12.2. The first-order valence-corrected chi connectivity index (χ1v) is 6.86. The monoisotopic (exact) mass is 266 g/mol. The molecular weight excluding hydrogens is 244 g/mol. The number of hydrogen-bond donors (Lipinski definition) is 1. The van der Waals surface area contributed by atoms with Crippen molar-refractivity contribution in [2.75, 3.05) is 39.3 Å². The van der Waals surface area contributed by atoms with Gasteiger partial charge >= 0.3 is 0 Å². The van der Waals surface area contributed by atoms with Crippen LogP contribution < -0.4 is 5.73 Å². The molecule has 19 heavy (non-hydrogen) atoms. The Kier molecular flexibility index (Phi) is 4.86. The van der Waals surface area contributed by atoms with E-state index < -0.39 is 0 Å². The number of amides is 1. The van der Waals surface area contributed by atoms with Gasteiger partial charge in [-0.3, -0.25) is 14.4 Å². The van der Waals surface area contributed by atoms with Crippen molar-refractivity contribution >= 4 is 5.91 Å². The van der Waals surface area contributed by atoms with Gasteiger partial charge in [0, 0.05) is 32.7 Å². The van der Waals surface area contributed by atoms with Crippen molar-refractivity contribution in [2.45, 2.75) is 19.9 Å². The van der Waals surface area contributed by atoms with Crippen LogP contribution in [-0.2, 0) is 6.54 Å². The molecular formula is C12H22N6O. The van der Waals surface area contributed by atoms with Crippen LogP contribution in [0, 0.1) is 0 Å². The molecule has 0 aromatic carbocycles. The van der Waals surface area contributed by atoms with Gasteiger partial charge in [0.05, 0.1) is 12.7 Å². The molecule has 2 N–H and O–H groups in total. The average molecular weight is 266 g/mol. The van der Waals surface area contributed by atoms with E-state index in [4.69, 9.17) is 5.73 Å². The van der Waals surface area contributed by atoms with Crippen molar-refractivity contribution in [3.63, 3.8) is 0 Å². The van der Waals surface area contributed by atoms with Gasteiger partial charge in [0.2, 0.25) is 0 Å². The van der Waals surface area contributed by atoms with E-state index in [1.165, 1.54) is 0 Å². The van der Waals surface area contributed by atoms with Crippen LogP contribution in [0.15, 0.2) is 6.20 Å². The summed E-state index contributed by atoms with van der Waals surface area (Å²) < 4.78 is 1.61. The Labute approximate surface area is 113 Å². The van der Waals surface area contributed by atoms with Gasteiger partial charge in [0.1, 0.15) is 0 Å². The first-order chi connectivity index (χ1) is 9.24. The van der Waals surface area contributed by atoms with Crippen LogP contribution in [0.1, 0.15) is 23.8 Å². The lowest BCUT2D eigenvalue weighted by Crippen LogP contribution is -2.48. The van der Waals surface area contributed by atoms with Gasteiger partial charge in [-0.05, 0) is 13.0 Å². The summed E-state index contributed by atoms with van der Waals surface area (Å²) in [5.74, 6) is -0.0283. The lowest BCUT2D eigenvalue weighted by atomic mass is 10.2. The predicted molar refractivity (Wildman–Crippen MR) is 71.7 cm³/mol. The second-order valence-corrected chi connectivity index (χ2v) is 4.79. The van der Waals surface area contributed by atoms with Crippen LogP contribution in [0.4, 0.5) is 0 Å². The predicted octanol–water partition coefficient (Wildman–Crippen LogP) is -0.595. The third kappa shape index (κ3) is 3.51. The van der Waals surface area contributed by atoms with Crippen molar-refractivity contribution < 1.29 is 4.79 Å². The SMILES string of the molecule is CCCN1CCN(C(=O)c2cn(CCN)nn2)CC1. The van der Waals surface area contributed by atoms with E-state index in [1.807, 2.05) is 4.90 Å². The molecule has 0 spiro atoms. The summed E-state index contributed by atoms with van der Waals surface area (Å²) in [5.41, 5.74) is 5.86. The summed E-state index contributed by atoms with van der Waals surface area (Å²) in [6, 6.07) is 0. The van der Waals surface area contributed by atoms with Crippen LogP contribution in [-0.4, -0.2) is 70.0 Å². The highest BCUT2D eigenvalue weighted by atomic mass is 16.2. The van der Waals surface area contributed by atoms with Gasteiger partial charge in [0.25, 0.3) is 5.91 Å². The maximum Gasteiger partial charge on any atom is 0.276 e. The molecule has 0 unspecified atom stereocenters. The van der Waals surface area contributed by atoms with Gasteiger partial charge in [-0.25, -0.2) is 0 Å². The number of carbonyl (C=O) groups excluding carboxylic acids is 1. The molecule has 106 valence electrons. The highest BCUT2D eigenvalue weighted by Gasteiger charge is 2.23. The van der Waals surface area contributed by atoms with E-state index in [1.54, 1.807) is 10.9 Å². The van der Waals surface area contributed by atoms with E-state index in [-0.39, 0.29) is 5.91 Å². The third-order valence-electron chi connectivity index (χ3n) is 3.32. The number of hydrogen-bond acceptors (Lipinski definition) is 5. The first-order valence-electron chi connectivity index (χ1n) is 6.86. The highest BCUT2D eigenvalue weighted by Crippen LogP contribution is 2.07. The second-order valence-electron chi connectivity index (χ2n) is 4.79. The Morgan fingerprint density at radius 1 is 1.32 bits per heavy atom. The van der Waals surface area contributed by atoms with Gasteiger partial charge in [-0.1, -0.05) is 12.1 Å². The number of nitrogens with zero attached hydrogens (tertiary/aromatic N) is 5. The molecule has 7 heteroatoms. The third-order valence-corrected chi connectivity index (χ3v) is 3.32. The zero-order valence-corrected chi connectivity index (χ0v) is 11.5. The highest BCUT2D eigenvalue weighted by molar-refractivity contribution is 5.92. The van der Waals surface area contributed by atoms with Crippen molar-refractivity contribution in [3.8, 4) is 0 Å². The molecule has 1 aliphatic heterocycles. The lowest BCUT2D eigenvalue weighted by molar-refractivity contribution is 0.0631. The lowest BCUT2D eigenvalue weighted by Gasteiger charge is -2.34. The fourth-order valence-corrected chi connectivity index (χ4v) is 2.29. The molecule has 1 aliphatic rings. The summed E-state index contributed by atoms with van der Waals surface area (Å²) >= 11 is 0. The number of nitrogens with two attached hydrogens (primary N) is 1. The summed E-state index contributed by atoms with van der Waals surface area (Å²) in [4.78, 5) is 16.5. The Hall–Kier alpha value is -1.47. The smallest absolute Gasteiger partial charge is 0.276 e. The summed E-state index contributed by atoms with van der Waals surface area (Å²) in [6.45, 7) is 7.78. The van der Waals surface area contributed by atoms with E-state index in [2.05, 4.69) is 22.1 Å². The minimum Gasteiger partial charge on any atom is -0.335 e. The summed E-state index contributed by atoms with van der Waals surface area (Å²) in [7, 11) is 0. The van der Waals surface area contributed by atoms with Crippen LogP contribution in [0.25, 0.3) is 0 Å². The Bertz CT molecular complexity index is 410. The minimum atomic E-state index is -0.0283. The number of aromatic nitrogens is 3. The molecule has 0 radical (unpaired) electrons. The normalized spacial score (nSPS) is 16.8. The molecule has 0 aliphatic carbocycles. The zero-order valence-electron chi connectivity index (χ0n) is 11.5. The minimum absolute atomic E-state index is 0.0283. The number of carbonyl (C=O) groups is 1. The molecule has 2 rings (SSSR count). The van der Waals surface area contributed by atoms with E-state index >= 15 is 0 Å². The van der Waals surface area contributed by atoms with E-state index in [0.717, 1.165) is 39.1 Å². The molecule has 1 amide bonds. The van der Waals surface area contributed by atoms with Gasteiger partial charge in [-0.15, -0.1) is 5.10 Å². The van der Waals surface area contributed by atoms with Gasteiger partial charge in [0.15, 0.2) is 5.69 Å². The van der Waals surface area contributed by atoms with E-state index in [9.17, 15) is 4.79 Å². The van der Waals surface area contributed by atoms with Crippen molar-refractivity contribution in [1.29, 1.82) is 0 Å². The largest absolute Gasteiger partial charge is 0.335 e. The van der Waals surface area contributed by atoms with Gasteiger partial charge < -0.3 is 10.6 Å². The molecule has 0 atom stereocenters. The Morgan fingerprint density at radius 3 is 2.68 bits per heavy atom.